The fourth-order valence-electron chi connectivity index (χ4n) is 2.81. The van der Waals surface area contributed by atoms with Gasteiger partial charge >= 0.3 is 0 Å². The van der Waals surface area contributed by atoms with Crippen molar-refractivity contribution in [3.05, 3.63) is 35.9 Å². The van der Waals surface area contributed by atoms with Crippen LogP contribution in [0, 0.1) is 0 Å². The molecule has 0 radical (unpaired) electrons. The third-order valence-electron chi connectivity index (χ3n) is 4.14. The molecule has 1 amide bonds. The number of benzene rings is 1. The second-order valence-electron chi connectivity index (χ2n) is 5.66. The van der Waals surface area contributed by atoms with Crippen molar-refractivity contribution in [1.82, 2.24) is 9.80 Å². The molecular weight excluding hydrogens is 282 g/mol. The van der Waals surface area contributed by atoms with Crippen LogP contribution in [-0.2, 0) is 11.3 Å². The molecule has 0 saturated carbocycles. The summed E-state index contributed by atoms with van der Waals surface area (Å²) in [6.45, 7) is 6.25. The number of carbonyl (C=O) groups excluding carboxylic acids is 1. The van der Waals surface area contributed by atoms with Crippen molar-refractivity contribution < 1.29 is 4.79 Å². The number of carbonyl (C=O) groups is 1. The van der Waals surface area contributed by atoms with Crippen LogP contribution >= 0.6 is 11.8 Å². The molecular formula is C16H21N3OS. The van der Waals surface area contributed by atoms with Gasteiger partial charge in [-0.1, -0.05) is 42.1 Å². The predicted octanol–water partition coefficient (Wildman–Crippen LogP) is 2.21. The monoisotopic (exact) mass is 303 g/mol. The van der Waals surface area contributed by atoms with E-state index in [1.165, 1.54) is 5.56 Å². The predicted molar refractivity (Wildman–Crippen MR) is 87.4 cm³/mol. The Kier molecular flexibility index (Phi) is 4.60. The number of aliphatic imine (C=N–C) groups is 1. The van der Waals surface area contributed by atoms with E-state index in [-0.39, 0.29) is 5.91 Å². The Labute approximate surface area is 130 Å². The zero-order chi connectivity index (χ0) is 14.7. The molecule has 1 aromatic rings. The standard InChI is InChI=1S/C16H21N3OS/c1-13-7-8-18(16-17-15(20)12-21-16)9-10-19(13)11-14-5-3-2-4-6-14/h2-6,13H,7-12H2,1H3. The molecule has 21 heavy (non-hydrogen) atoms. The Hall–Kier alpha value is -1.33. The van der Waals surface area contributed by atoms with E-state index in [2.05, 4.69) is 52.0 Å². The number of rotatable bonds is 2. The molecule has 0 bridgehead atoms. The number of amidine groups is 1. The van der Waals surface area contributed by atoms with Gasteiger partial charge in [0, 0.05) is 32.2 Å². The smallest absolute Gasteiger partial charge is 0.258 e. The van der Waals surface area contributed by atoms with Crippen LogP contribution < -0.4 is 0 Å². The van der Waals surface area contributed by atoms with E-state index in [1.54, 1.807) is 11.8 Å². The van der Waals surface area contributed by atoms with Crippen molar-refractivity contribution in [2.24, 2.45) is 4.99 Å². The summed E-state index contributed by atoms with van der Waals surface area (Å²) in [6.07, 6.45) is 1.11. The zero-order valence-electron chi connectivity index (χ0n) is 12.4. The first-order valence-corrected chi connectivity index (χ1v) is 8.48. The van der Waals surface area contributed by atoms with Crippen LogP contribution in [0.15, 0.2) is 35.3 Å². The van der Waals surface area contributed by atoms with Gasteiger partial charge in [0.05, 0.1) is 5.75 Å². The van der Waals surface area contributed by atoms with Gasteiger partial charge in [-0.3, -0.25) is 9.69 Å². The van der Waals surface area contributed by atoms with Gasteiger partial charge in [0.25, 0.3) is 5.91 Å². The Morgan fingerprint density at radius 1 is 1.24 bits per heavy atom. The maximum atomic E-state index is 11.3. The first-order chi connectivity index (χ1) is 10.2. The molecule has 2 aliphatic heterocycles. The number of nitrogens with zero attached hydrogens (tertiary/aromatic N) is 3. The minimum Gasteiger partial charge on any atom is -0.350 e. The van der Waals surface area contributed by atoms with Crippen LogP contribution in [-0.4, -0.2) is 52.3 Å². The van der Waals surface area contributed by atoms with E-state index in [9.17, 15) is 4.79 Å². The third kappa shape index (κ3) is 3.66. The minimum atomic E-state index is 0.00781. The Morgan fingerprint density at radius 3 is 2.76 bits per heavy atom. The van der Waals surface area contributed by atoms with Gasteiger partial charge in [-0.25, -0.2) is 0 Å². The number of hydrogen-bond donors (Lipinski definition) is 0. The van der Waals surface area contributed by atoms with Crippen LogP contribution in [0.25, 0.3) is 0 Å². The lowest BCUT2D eigenvalue weighted by Gasteiger charge is -2.26. The largest absolute Gasteiger partial charge is 0.350 e. The van der Waals surface area contributed by atoms with Gasteiger partial charge in [-0.15, -0.1) is 0 Å². The van der Waals surface area contributed by atoms with Crippen LogP contribution in [0.1, 0.15) is 18.9 Å². The van der Waals surface area contributed by atoms with Gasteiger partial charge in [-0.05, 0) is 18.9 Å². The van der Waals surface area contributed by atoms with Crippen LogP contribution in [0.4, 0.5) is 0 Å². The van der Waals surface area contributed by atoms with Crippen LogP contribution in [0.3, 0.4) is 0 Å². The van der Waals surface area contributed by atoms with E-state index in [0.717, 1.165) is 37.8 Å². The summed E-state index contributed by atoms with van der Waals surface area (Å²) in [4.78, 5) is 20.2. The molecule has 2 heterocycles. The average Bonchev–Trinajstić information content (AvgIpc) is 2.84. The summed E-state index contributed by atoms with van der Waals surface area (Å²) in [7, 11) is 0. The lowest BCUT2D eigenvalue weighted by atomic mass is 10.1. The molecule has 4 nitrogen and oxygen atoms in total. The summed E-state index contributed by atoms with van der Waals surface area (Å²) in [5.41, 5.74) is 1.36. The highest BCUT2D eigenvalue weighted by atomic mass is 32.2. The lowest BCUT2D eigenvalue weighted by molar-refractivity contribution is -0.115. The fraction of sp³-hybridized carbons (Fsp3) is 0.500. The second kappa shape index (κ2) is 6.62. The minimum absolute atomic E-state index is 0.00781. The lowest BCUT2D eigenvalue weighted by Crippen LogP contribution is -2.35. The first kappa shape index (κ1) is 14.6. The average molecular weight is 303 g/mol. The Bertz CT molecular complexity index is 532. The number of hydrogen-bond acceptors (Lipinski definition) is 4. The van der Waals surface area contributed by atoms with E-state index >= 15 is 0 Å². The van der Waals surface area contributed by atoms with Gasteiger partial charge in [0.15, 0.2) is 5.17 Å². The van der Waals surface area contributed by atoms with Crippen molar-refractivity contribution in [2.75, 3.05) is 25.4 Å². The number of amides is 1. The molecule has 1 saturated heterocycles. The van der Waals surface area contributed by atoms with E-state index in [4.69, 9.17) is 0 Å². The van der Waals surface area contributed by atoms with Crippen molar-refractivity contribution in [1.29, 1.82) is 0 Å². The molecule has 1 unspecified atom stereocenters. The molecule has 0 aromatic heterocycles. The molecule has 5 heteroatoms. The molecule has 0 aliphatic carbocycles. The SMILES string of the molecule is CC1CCN(C2=NC(=O)CS2)CCN1Cc1ccccc1. The van der Waals surface area contributed by atoms with Gasteiger partial charge in [0.1, 0.15) is 0 Å². The highest BCUT2D eigenvalue weighted by molar-refractivity contribution is 8.14. The van der Waals surface area contributed by atoms with Gasteiger partial charge < -0.3 is 4.90 Å². The maximum Gasteiger partial charge on any atom is 0.258 e. The van der Waals surface area contributed by atoms with E-state index in [1.807, 2.05) is 0 Å². The van der Waals surface area contributed by atoms with Crippen molar-refractivity contribution in [2.45, 2.75) is 25.9 Å². The third-order valence-corrected chi connectivity index (χ3v) is 5.14. The highest BCUT2D eigenvalue weighted by Crippen LogP contribution is 2.21. The Balaban J connectivity index is 1.63. The summed E-state index contributed by atoms with van der Waals surface area (Å²) in [6, 6.07) is 11.2. The van der Waals surface area contributed by atoms with Crippen molar-refractivity contribution in [3.8, 4) is 0 Å². The number of thioether (sulfide) groups is 1. The van der Waals surface area contributed by atoms with Gasteiger partial charge in [0.2, 0.25) is 0 Å². The fourth-order valence-corrected chi connectivity index (χ4v) is 3.66. The van der Waals surface area contributed by atoms with Crippen LogP contribution in [0.2, 0.25) is 0 Å². The van der Waals surface area contributed by atoms with E-state index in [0.29, 0.717) is 11.8 Å². The van der Waals surface area contributed by atoms with Crippen molar-refractivity contribution >= 4 is 22.8 Å². The second-order valence-corrected chi connectivity index (χ2v) is 6.60. The van der Waals surface area contributed by atoms with E-state index < -0.39 is 0 Å². The summed E-state index contributed by atoms with van der Waals surface area (Å²) < 4.78 is 0. The molecule has 1 atom stereocenters. The van der Waals surface area contributed by atoms with Crippen LogP contribution in [0.5, 0.6) is 0 Å². The molecule has 0 spiro atoms. The topological polar surface area (TPSA) is 35.9 Å². The molecule has 1 fully saturated rings. The Morgan fingerprint density at radius 2 is 2.05 bits per heavy atom. The molecule has 2 aliphatic rings. The summed E-state index contributed by atoms with van der Waals surface area (Å²) >= 11 is 1.58. The summed E-state index contributed by atoms with van der Waals surface area (Å²) in [5, 5.41) is 0.925. The highest BCUT2D eigenvalue weighted by Gasteiger charge is 2.26. The molecule has 112 valence electrons. The molecule has 3 rings (SSSR count). The van der Waals surface area contributed by atoms with Gasteiger partial charge in [-0.2, -0.15) is 4.99 Å². The zero-order valence-corrected chi connectivity index (χ0v) is 13.2. The molecule has 1 aromatic carbocycles. The maximum absolute atomic E-state index is 11.3. The quantitative estimate of drug-likeness (QED) is 0.839. The first-order valence-electron chi connectivity index (χ1n) is 7.49. The normalized spacial score (nSPS) is 24.0. The molecule has 0 N–H and O–H groups in total. The van der Waals surface area contributed by atoms with Crippen molar-refractivity contribution in [3.63, 3.8) is 0 Å². The summed E-state index contributed by atoms with van der Waals surface area (Å²) in [5.74, 6) is 0.517.